The summed E-state index contributed by atoms with van der Waals surface area (Å²) in [7, 11) is 1.65. The summed E-state index contributed by atoms with van der Waals surface area (Å²) >= 11 is 0. The van der Waals surface area contributed by atoms with Crippen molar-refractivity contribution in [1.82, 2.24) is 5.32 Å². The van der Waals surface area contributed by atoms with Gasteiger partial charge in [-0.1, -0.05) is 13.8 Å². The number of hydrogen-bond donors (Lipinski definition) is 1. The first-order valence-electron chi connectivity index (χ1n) is 10.6. The van der Waals surface area contributed by atoms with Gasteiger partial charge in [0.2, 0.25) is 0 Å². The Kier molecular flexibility index (Phi) is 4.71. The average molecular weight is 384 g/mol. The molecular formula is C24H33NO3. The Bertz CT molecular complexity index is 791. The van der Waals surface area contributed by atoms with E-state index in [2.05, 4.69) is 19.2 Å². The molecule has 0 spiro atoms. The van der Waals surface area contributed by atoms with Crippen LogP contribution in [0.15, 0.2) is 24.3 Å². The van der Waals surface area contributed by atoms with Gasteiger partial charge in [0.1, 0.15) is 11.5 Å². The third-order valence-electron chi connectivity index (χ3n) is 6.71. The van der Waals surface area contributed by atoms with Crippen molar-refractivity contribution in [3.05, 3.63) is 29.8 Å². The summed E-state index contributed by atoms with van der Waals surface area (Å²) in [6.45, 7) is 8.59. The van der Waals surface area contributed by atoms with Crippen molar-refractivity contribution in [3.8, 4) is 11.5 Å². The van der Waals surface area contributed by atoms with E-state index in [1.807, 2.05) is 38.1 Å². The lowest BCUT2D eigenvalue weighted by molar-refractivity contribution is -0.131. The summed E-state index contributed by atoms with van der Waals surface area (Å²) in [5.74, 6) is 3.76. The lowest BCUT2D eigenvalue weighted by atomic mass is 9.55. The van der Waals surface area contributed by atoms with Crippen molar-refractivity contribution in [2.45, 2.75) is 65.5 Å². The average Bonchev–Trinajstić information content (AvgIpc) is 2.58. The first kappa shape index (κ1) is 19.4. The predicted molar refractivity (Wildman–Crippen MR) is 111 cm³/mol. The standard InChI is InChI=1S/C24H33NO3/c1-15-8-17-9-16(2)13-24(12-15,14-17)22(26)11-20-19-7-6-18(27-5)10-21(19)28-23(3,4)25-20/h6-7,10-11,15-17,25H,8-9,12-14H2,1-5H3/b20-11-. The summed E-state index contributed by atoms with van der Waals surface area (Å²) in [5.41, 5.74) is 1.02. The van der Waals surface area contributed by atoms with E-state index in [1.165, 1.54) is 12.8 Å². The minimum absolute atomic E-state index is 0.191. The second-order valence-corrected chi connectivity index (χ2v) is 9.96. The van der Waals surface area contributed by atoms with Gasteiger partial charge >= 0.3 is 0 Å². The van der Waals surface area contributed by atoms with E-state index in [9.17, 15) is 4.79 Å². The van der Waals surface area contributed by atoms with Gasteiger partial charge in [0.25, 0.3) is 0 Å². The fourth-order valence-corrected chi connectivity index (χ4v) is 6.03. The van der Waals surface area contributed by atoms with Crippen molar-refractivity contribution >= 4 is 11.5 Å². The van der Waals surface area contributed by atoms with Gasteiger partial charge in [-0.25, -0.2) is 0 Å². The molecule has 1 aromatic carbocycles. The minimum atomic E-state index is -0.578. The van der Waals surface area contributed by atoms with Gasteiger partial charge in [0.15, 0.2) is 11.5 Å². The highest BCUT2D eigenvalue weighted by atomic mass is 16.5. The number of ether oxygens (including phenoxy) is 2. The number of benzene rings is 1. The van der Waals surface area contributed by atoms with Crippen LogP contribution in [-0.2, 0) is 4.79 Å². The maximum Gasteiger partial charge on any atom is 0.175 e. The molecule has 2 saturated carbocycles. The highest BCUT2D eigenvalue weighted by molar-refractivity contribution is 6.01. The van der Waals surface area contributed by atoms with Crippen LogP contribution < -0.4 is 14.8 Å². The van der Waals surface area contributed by atoms with Gasteiger partial charge < -0.3 is 14.8 Å². The molecule has 0 amide bonds. The van der Waals surface area contributed by atoms with Crippen LogP contribution in [0.1, 0.15) is 65.4 Å². The summed E-state index contributed by atoms with van der Waals surface area (Å²) in [5, 5.41) is 3.43. The minimum Gasteiger partial charge on any atom is -0.497 e. The zero-order valence-corrected chi connectivity index (χ0v) is 17.8. The lowest BCUT2D eigenvalue weighted by Gasteiger charge is -2.48. The van der Waals surface area contributed by atoms with Crippen LogP contribution in [-0.4, -0.2) is 18.6 Å². The van der Waals surface area contributed by atoms with Gasteiger partial charge in [-0.3, -0.25) is 4.79 Å². The molecule has 2 bridgehead atoms. The lowest BCUT2D eigenvalue weighted by Crippen LogP contribution is -2.48. The summed E-state index contributed by atoms with van der Waals surface area (Å²) < 4.78 is 11.4. The Morgan fingerprint density at radius 1 is 1.18 bits per heavy atom. The van der Waals surface area contributed by atoms with Crippen molar-refractivity contribution in [2.75, 3.05) is 7.11 Å². The quantitative estimate of drug-likeness (QED) is 0.731. The molecule has 1 N–H and O–H groups in total. The Morgan fingerprint density at radius 3 is 2.50 bits per heavy atom. The van der Waals surface area contributed by atoms with E-state index in [-0.39, 0.29) is 11.2 Å². The predicted octanol–water partition coefficient (Wildman–Crippen LogP) is 5.18. The molecule has 2 atom stereocenters. The number of fused-ring (bicyclic) bond motifs is 3. The smallest absolute Gasteiger partial charge is 0.175 e. The van der Waals surface area contributed by atoms with Crippen molar-refractivity contribution in [3.63, 3.8) is 0 Å². The first-order valence-corrected chi connectivity index (χ1v) is 10.6. The highest BCUT2D eigenvalue weighted by Gasteiger charge is 2.48. The second kappa shape index (κ2) is 6.82. The molecule has 4 rings (SSSR count). The number of hydrogen-bond acceptors (Lipinski definition) is 4. The first-order chi connectivity index (χ1) is 13.2. The van der Waals surface area contributed by atoms with Gasteiger partial charge in [-0.2, -0.15) is 0 Å². The molecule has 1 aromatic rings. The molecule has 1 heterocycles. The van der Waals surface area contributed by atoms with Crippen LogP contribution in [0.25, 0.3) is 5.70 Å². The van der Waals surface area contributed by atoms with Gasteiger partial charge in [0.05, 0.1) is 12.8 Å². The normalized spacial score (nSPS) is 34.8. The molecule has 3 aliphatic rings. The number of ketones is 1. The summed E-state index contributed by atoms with van der Waals surface area (Å²) in [6.07, 6.45) is 7.51. The van der Waals surface area contributed by atoms with Crippen molar-refractivity contribution in [2.24, 2.45) is 23.2 Å². The molecule has 4 heteroatoms. The van der Waals surface area contributed by atoms with Crippen LogP contribution >= 0.6 is 0 Å². The molecule has 0 radical (unpaired) electrons. The van der Waals surface area contributed by atoms with Crippen LogP contribution in [0, 0.1) is 23.2 Å². The van der Waals surface area contributed by atoms with Crippen molar-refractivity contribution < 1.29 is 14.3 Å². The molecule has 4 nitrogen and oxygen atoms in total. The van der Waals surface area contributed by atoms with Crippen LogP contribution in [0.3, 0.4) is 0 Å². The summed E-state index contributed by atoms with van der Waals surface area (Å²) in [4.78, 5) is 13.7. The van der Waals surface area contributed by atoms with E-state index >= 15 is 0 Å². The third kappa shape index (κ3) is 3.54. The highest BCUT2D eigenvalue weighted by Crippen LogP contribution is 2.53. The molecule has 2 fully saturated rings. The largest absolute Gasteiger partial charge is 0.497 e. The van der Waals surface area contributed by atoms with Crippen LogP contribution in [0.4, 0.5) is 0 Å². The fourth-order valence-electron chi connectivity index (χ4n) is 6.03. The molecular weight excluding hydrogens is 350 g/mol. The maximum absolute atomic E-state index is 13.7. The summed E-state index contributed by atoms with van der Waals surface area (Å²) in [6, 6.07) is 5.79. The molecule has 0 aromatic heterocycles. The van der Waals surface area contributed by atoms with E-state index in [4.69, 9.17) is 9.47 Å². The topological polar surface area (TPSA) is 47.6 Å². The zero-order valence-electron chi connectivity index (χ0n) is 17.8. The third-order valence-corrected chi connectivity index (χ3v) is 6.71. The molecule has 1 aliphatic heterocycles. The molecule has 152 valence electrons. The Morgan fingerprint density at radius 2 is 1.86 bits per heavy atom. The maximum atomic E-state index is 13.7. The second-order valence-electron chi connectivity index (χ2n) is 9.96. The SMILES string of the molecule is COc1ccc2c(c1)OC(C)(C)N/C2=C\C(=O)C12CC(C)CC(CC(C)C1)C2. The Hall–Kier alpha value is -1.97. The number of allylic oxidation sites excluding steroid dienone is 1. The monoisotopic (exact) mass is 383 g/mol. The van der Waals surface area contributed by atoms with Crippen molar-refractivity contribution in [1.29, 1.82) is 0 Å². The molecule has 2 aliphatic carbocycles. The van der Waals surface area contributed by atoms with Gasteiger partial charge in [-0.05, 0) is 75.8 Å². The zero-order chi connectivity index (χ0) is 20.1. The van der Waals surface area contributed by atoms with Crippen LogP contribution in [0.5, 0.6) is 11.5 Å². The number of rotatable bonds is 3. The Balaban J connectivity index is 1.71. The number of carbonyl (C=O) groups excluding carboxylic acids is 1. The Labute approximate surface area is 168 Å². The molecule has 0 saturated heterocycles. The van der Waals surface area contributed by atoms with Crippen LogP contribution in [0.2, 0.25) is 0 Å². The number of methoxy groups -OCH3 is 1. The number of nitrogens with one attached hydrogen (secondary N) is 1. The van der Waals surface area contributed by atoms with E-state index in [0.29, 0.717) is 17.8 Å². The fraction of sp³-hybridized carbons (Fsp3) is 0.625. The van der Waals surface area contributed by atoms with E-state index < -0.39 is 5.72 Å². The van der Waals surface area contributed by atoms with E-state index in [0.717, 1.165) is 42.0 Å². The van der Waals surface area contributed by atoms with Gasteiger partial charge in [-0.15, -0.1) is 0 Å². The molecule has 28 heavy (non-hydrogen) atoms. The van der Waals surface area contributed by atoms with Gasteiger partial charge in [0, 0.05) is 23.1 Å². The molecule has 2 unspecified atom stereocenters. The number of carbonyl (C=O) groups is 1. The van der Waals surface area contributed by atoms with E-state index in [1.54, 1.807) is 7.11 Å².